The number of nitrogens with one attached hydrogen (secondary N) is 2. The summed E-state index contributed by atoms with van der Waals surface area (Å²) in [6, 6.07) is 20.0. The highest BCUT2D eigenvalue weighted by Crippen LogP contribution is 2.20. The summed E-state index contributed by atoms with van der Waals surface area (Å²) >= 11 is 1.59. The van der Waals surface area contributed by atoms with Crippen molar-refractivity contribution in [2.45, 2.75) is 16.2 Å². The van der Waals surface area contributed by atoms with Gasteiger partial charge in [-0.1, -0.05) is 36.4 Å². The Morgan fingerprint density at radius 1 is 0.963 bits per heavy atom. The molecule has 0 radical (unpaired) electrons. The lowest BCUT2D eigenvalue weighted by Crippen LogP contribution is -2.27. The van der Waals surface area contributed by atoms with Crippen LogP contribution in [0.25, 0.3) is 10.8 Å². The molecule has 0 unspecified atom stereocenters. The van der Waals surface area contributed by atoms with E-state index in [1.165, 1.54) is 0 Å². The monoisotopic (exact) mass is 400 g/mol. The number of carbonyl (C=O) groups excluding carboxylic acids is 1. The van der Waals surface area contributed by atoms with Crippen LogP contribution in [0.1, 0.15) is 6.42 Å². The first-order valence-corrected chi connectivity index (χ1v) is 11.1. The van der Waals surface area contributed by atoms with Gasteiger partial charge in [0.05, 0.1) is 4.90 Å². The zero-order chi connectivity index (χ0) is 19.3. The van der Waals surface area contributed by atoms with Gasteiger partial charge in [0, 0.05) is 23.5 Å². The molecular formula is C20H20N2O3S2. The van der Waals surface area contributed by atoms with Gasteiger partial charge in [-0.25, -0.2) is 13.1 Å². The van der Waals surface area contributed by atoms with Crippen LogP contribution in [0, 0.1) is 0 Å². The third-order valence-electron chi connectivity index (χ3n) is 4.03. The lowest BCUT2D eigenvalue weighted by Gasteiger charge is -2.09. The van der Waals surface area contributed by atoms with Gasteiger partial charge in [-0.2, -0.15) is 0 Å². The molecule has 0 aliphatic heterocycles. The lowest BCUT2D eigenvalue weighted by molar-refractivity contribution is -0.116. The van der Waals surface area contributed by atoms with Crippen molar-refractivity contribution in [3.63, 3.8) is 0 Å². The fourth-order valence-electron chi connectivity index (χ4n) is 2.64. The van der Waals surface area contributed by atoms with E-state index in [0.29, 0.717) is 5.69 Å². The van der Waals surface area contributed by atoms with E-state index < -0.39 is 10.0 Å². The number of sulfonamides is 1. The van der Waals surface area contributed by atoms with E-state index in [2.05, 4.69) is 10.0 Å². The molecule has 3 rings (SSSR count). The third-order valence-corrected chi connectivity index (χ3v) is 6.21. The molecule has 0 saturated heterocycles. The van der Waals surface area contributed by atoms with Crippen molar-refractivity contribution in [3.05, 3.63) is 66.7 Å². The predicted molar refractivity (Wildman–Crippen MR) is 111 cm³/mol. The van der Waals surface area contributed by atoms with Crippen LogP contribution in [0.4, 0.5) is 5.69 Å². The summed E-state index contributed by atoms with van der Waals surface area (Å²) in [5.41, 5.74) is 0.698. The van der Waals surface area contributed by atoms with Gasteiger partial charge in [-0.15, -0.1) is 11.8 Å². The van der Waals surface area contributed by atoms with Crippen molar-refractivity contribution >= 4 is 44.2 Å². The van der Waals surface area contributed by atoms with E-state index in [-0.39, 0.29) is 23.8 Å². The van der Waals surface area contributed by atoms with Gasteiger partial charge in [0.25, 0.3) is 0 Å². The SMILES string of the molecule is CSc1cccc(NC(=O)CCNS(=O)(=O)c2ccc3ccccc3c2)c1. The largest absolute Gasteiger partial charge is 0.326 e. The van der Waals surface area contributed by atoms with Crippen LogP contribution in [-0.4, -0.2) is 27.1 Å². The van der Waals surface area contributed by atoms with Gasteiger partial charge in [0.1, 0.15) is 0 Å². The summed E-state index contributed by atoms with van der Waals surface area (Å²) in [6.45, 7) is 0.0310. The number of benzene rings is 3. The number of hydrogen-bond acceptors (Lipinski definition) is 4. The summed E-state index contributed by atoms with van der Waals surface area (Å²) in [4.78, 5) is 13.3. The molecule has 0 saturated carbocycles. The smallest absolute Gasteiger partial charge is 0.240 e. The maximum Gasteiger partial charge on any atom is 0.240 e. The van der Waals surface area contributed by atoms with E-state index in [4.69, 9.17) is 0 Å². The van der Waals surface area contributed by atoms with Crippen LogP contribution in [0.15, 0.2) is 76.5 Å². The van der Waals surface area contributed by atoms with E-state index in [1.807, 2.05) is 48.7 Å². The second-order valence-electron chi connectivity index (χ2n) is 5.94. The first kappa shape index (κ1) is 19.4. The number of anilines is 1. The fourth-order valence-corrected chi connectivity index (χ4v) is 4.17. The highest BCUT2D eigenvalue weighted by Gasteiger charge is 2.14. The Labute approximate surface area is 163 Å². The predicted octanol–water partition coefficient (Wildman–Crippen LogP) is 3.87. The normalized spacial score (nSPS) is 11.4. The number of amides is 1. The molecule has 0 atom stereocenters. The highest BCUT2D eigenvalue weighted by atomic mass is 32.2. The van der Waals surface area contributed by atoms with E-state index in [9.17, 15) is 13.2 Å². The Kier molecular flexibility index (Phi) is 6.15. The number of hydrogen-bond donors (Lipinski definition) is 2. The topological polar surface area (TPSA) is 75.3 Å². The van der Waals surface area contributed by atoms with Crippen molar-refractivity contribution in [1.29, 1.82) is 0 Å². The van der Waals surface area contributed by atoms with Crippen LogP contribution >= 0.6 is 11.8 Å². The second kappa shape index (κ2) is 8.56. The number of carbonyl (C=O) groups is 1. The van der Waals surface area contributed by atoms with E-state index >= 15 is 0 Å². The molecule has 0 bridgehead atoms. The molecule has 0 aromatic heterocycles. The summed E-state index contributed by atoms with van der Waals surface area (Å²) in [6.07, 6.45) is 2.01. The van der Waals surface area contributed by atoms with Gasteiger partial charge >= 0.3 is 0 Å². The van der Waals surface area contributed by atoms with E-state index in [0.717, 1.165) is 15.7 Å². The van der Waals surface area contributed by atoms with Crippen molar-refractivity contribution in [2.75, 3.05) is 18.1 Å². The number of fused-ring (bicyclic) bond motifs is 1. The average molecular weight is 401 g/mol. The molecule has 140 valence electrons. The zero-order valence-electron chi connectivity index (χ0n) is 14.8. The summed E-state index contributed by atoms with van der Waals surface area (Å²) in [5.74, 6) is -0.241. The van der Waals surface area contributed by atoms with Crippen LogP contribution in [-0.2, 0) is 14.8 Å². The summed E-state index contributed by atoms with van der Waals surface area (Å²) in [5, 5.41) is 4.61. The van der Waals surface area contributed by atoms with Crippen molar-refractivity contribution in [3.8, 4) is 0 Å². The Hall–Kier alpha value is -2.35. The van der Waals surface area contributed by atoms with Gasteiger partial charge in [0.15, 0.2) is 0 Å². The van der Waals surface area contributed by atoms with Crippen molar-refractivity contribution < 1.29 is 13.2 Å². The van der Waals surface area contributed by atoms with Crippen LogP contribution in [0.5, 0.6) is 0 Å². The Balaban J connectivity index is 1.58. The molecule has 3 aromatic carbocycles. The van der Waals surface area contributed by atoms with Crippen LogP contribution < -0.4 is 10.0 Å². The highest BCUT2D eigenvalue weighted by molar-refractivity contribution is 7.98. The van der Waals surface area contributed by atoms with Crippen molar-refractivity contribution in [1.82, 2.24) is 4.72 Å². The standard InChI is InChI=1S/C20H20N2O3S2/c1-26-18-8-4-7-17(14-18)22-20(23)11-12-21-27(24,25)19-10-9-15-5-2-3-6-16(15)13-19/h2-10,13-14,21H,11-12H2,1H3,(H,22,23). The zero-order valence-corrected chi connectivity index (χ0v) is 16.4. The van der Waals surface area contributed by atoms with Crippen LogP contribution in [0.2, 0.25) is 0 Å². The second-order valence-corrected chi connectivity index (χ2v) is 8.58. The number of rotatable bonds is 7. The molecular weight excluding hydrogens is 380 g/mol. The molecule has 7 heteroatoms. The minimum Gasteiger partial charge on any atom is -0.326 e. The maximum atomic E-state index is 12.5. The average Bonchev–Trinajstić information content (AvgIpc) is 2.67. The quantitative estimate of drug-likeness (QED) is 0.591. The Bertz CT molecular complexity index is 1070. The molecule has 1 amide bonds. The lowest BCUT2D eigenvalue weighted by atomic mass is 10.1. The van der Waals surface area contributed by atoms with Gasteiger partial charge < -0.3 is 5.32 Å². The molecule has 0 fully saturated rings. The third kappa shape index (κ3) is 5.09. The molecule has 0 heterocycles. The van der Waals surface area contributed by atoms with Gasteiger partial charge in [0.2, 0.25) is 15.9 Å². The Morgan fingerprint density at radius 2 is 1.74 bits per heavy atom. The van der Waals surface area contributed by atoms with Gasteiger partial charge in [-0.3, -0.25) is 4.79 Å². The van der Waals surface area contributed by atoms with Crippen LogP contribution in [0.3, 0.4) is 0 Å². The molecule has 0 aliphatic carbocycles. The molecule has 27 heavy (non-hydrogen) atoms. The summed E-state index contributed by atoms with van der Waals surface area (Å²) < 4.78 is 27.4. The fraction of sp³-hybridized carbons (Fsp3) is 0.150. The van der Waals surface area contributed by atoms with Crippen molar-refractivity contribution in [2.24, 2.45) is 0 Å². The minimum absolute atomic E-state index is 0.0310. The molecule has 2 N–H and O–H groups in total. The maximum absolute atomic E-state index is 12.5. The number of thioether (sulfide) groups is 1. The minimum atomic E-state index is -3.66. The molecule has 0 aliphatic rings. The van der Waals surface area contributed by atoms with E-state index in [1.54, 1.807) is 36.0 Å². The molecule has 3 aromatic rings. The molecule has 5 nitrogen and oxygen atoms in total. The molecule has 0 spiro atoms. The Morgan fingerprint density at radius 3 is 2.52 bits per heavy atom. The summed E-state index contributed by atoms with van der Waals surface area (Å²) in [7, 11) is -3.66. The first-order chi connectivity index (χ1) is 13.0. The van der Waals surface area contributed by atoms with Gasteiger partial charge in [-0.05, 0) is 47.4 Å². The first-order valence-electron chi connectivity index (χ1n) is 8.40.